The number of hydrogen-bond donors (Lipinski definition) is 1. The van der Waals surface area contributed by atoms with E-state index >= 15 is 0 Å². The summed E-state index contributed by atoms with van der Waals surface area (Å²) in [7, 11) is 0. The van der Waals surface area contributed by atoms with E-state index in [0.29, 0.717) is 21.6 Å². The van der Waals surface area contributed by atoms with Crippen LogP contribution < -0.4 is 5.56 Å². The lowest BCUT2D eigenvalue weighted by molar-refractivity contribution is 0.628. The van der Waals surface area contributed by atoms with Gasteiger partial charge in [-0.2, -0.15) is 0 Å². The third kappa shape index (κ3) is 1.96. The topological polar surface area (TPSA) is 45.8 Å². The number of halogens is 1. The number of aromatic nitrogens is 2. The van der Waals surface area contributed by atoms with Gasteiger partial charge in [0.05, 0.1) is 5.39 Å². The van der Waals surface area contributed by atoms with Crippen LogP contribution in [0.25, 0.3) is 21.6 Å². The zero-order valence-electron chi connectivity index (χ0n) is 10.5. The molecule has 3 rings (SSSR count). The average Bonchev–Trinajstić information content (AvgIpc) is 2.65. The molecule has 0 saturated carbocycles. The van der Waals surface area contributed by atoms with Gasteiger partial charge in [-0.1, -0.05) is 12.1 Å². The minimum atomic E-state index is -0.348. The second-order valence-electron chi connectivity index (χ2n) is 4.39. The Bertz CT molecular complexity index is 835. The number of benzene rings is 1. The van der Waals surface area contributed by atoms with Crippen molar-refractivity contribution in [2.24, 2.45) is 0 Å². The molecule has 1 N–H and O–H groups in total. The number of nitrogens with zero attached hydrogens (tertiary/aromatic N) is 1. The van der Waals surface area contributed by atoms with Crippen LogP contribution >= 0.6 is 11.3 Å². The summed E-state index contributed by atoms with van der Waals surface area (Å²) in [5.41, 5.74) is 1.35. The molecule has 0 aliphatic rings. The lowest BCUT2D eigenvalue weighted by atomic mass is 10.2. The predicted molar refractivity (Wildman–Crippen MR) is 75.1 cm³/mol. The van der Waals surface area contributed by atoms with Gasteiger partial charge in [0.25, 0.3) is 5.56 Å². The SMILES string of the molecule is Cc1sc2nc(-c3cccc(F)c3)[nH]c(=O)c2c1C. The van der Waals surface area contributed by atoms with Crippen molar-refractivity contribution in [3.05, 3.63) is 50.9 Å². The molecule has 0 saturated heterocycles. The molecule has 5 heteroatoms. The molecule has 0 bridgehead atoms. The Balaban J connectivity index is 2.30. The number of H-pyrrole nitrogens is 1. The van der Waals surface area contributed by atoms with Gasteiger partial charge in [-0.25, -0.2) is 9.37 Å². The van der Waals surface area contributed by atoms with Crippen molar-refractivity contribution < 1.29 is 4.39 Å². The van der Waals surface area contributed by atoms with Crippen LogP contribution in [0.4, 0.5) is 4.39 Å². The fourth-order valence-corrected chi connectivity index (χ4v) is 3.06. The number of thiophene rings is 1. The van der Waals surface area contributed by atoms with Crippen molar-refractivity contribution >= 4 is 21.6 Å². The summed E-state index contributed by atoms with van der Waals surface area (Å²) < 4.78 is 13.2. The second-order valence-corrected chi connectivity index (χ2v) is 5.59. The fraction of sp³-hybridized carbons (Fsp3) is 0.143. The van der Waals surface area contributed by atoms with E-state index in [2.05, 4.69) is 9.97 Å². The standard InChI is InChI=1S/C14H11FN2OS/c1-7-8(2)19-14-11(7)13(18)16-12(17-14)9-4-3-5-10(15)6-9/h3-6H,1-2H3,(H,16,17,18). The maximum absolute atomic E-state index is 13.2. The Morgan fingerprint density at radius 2 is 2.11 bits per heavy atom. The number of aromatic amines is 1. The number of fused-ring (bicyclic) bond motifs is 1. The molecule has 0 aliphatic heterocycles. The lowest BCUT2D eigenvalue weighted by Gasteiger charge is -2.01. The summed E-state index contributed by atoms with van der Waals surface area (Å²) in [5, 5.41) is 0.627. The summed E-state index contributed by atoms with van der Waals surface area (Å²) in [6.07, 6.45) is 0. The molecule has 1 aromatic carbocycles. The zero-order chi connectivity index (χ0) is 13.6. The summed E-state index contributed by atoms with van der Waals surface area (Å²) >= 11 is 1.48. The van der Waals surface area contributed by atoms with E-state index in [1.54, 1.807) is 12.1 Å². The van der Waals surface area contributed by atoms with Gasteiger partial charge in [0.1, 0.15) is 16.5 Å². The van der Waals surface area contributed by atoms with E-state index in [1.165, 1.54) is 23.5 Å². The molecular formula is C14H11FN2OS. The Morgan fingerprint density at radius 1 is 1.32 bits per heavy atom. The normalized spacial score (nSPS) is 11.1. The van der Waals surface area contributed by atoms with Crippen molar-refractivity contribution in [2.75, 3.05) is 0 Å². The first kappa shape index (κ1) is 12.0. The van der Waals surface area contributed by atoms with Gasteiger partial charge in [-0.3, -0.25) is 4.79 Å². The average molecular weight is 274 g/mol. The highest BCUT2D eigenvalue weighted by Gasteiger charge is 2.12. The Kier molecular flexibility index (Phi) is 2.71. The van der Waals surface area contributed by atoms with Crippen molar-refractivity contribution in [1.29, 1.82) is 0 Å². The Labute approximate surface area is 112 Å². The molecule has 96 valence electrons. The third-order valence-electron chi connectivity index (χ3n) is 3.14. The summed E-state index contributed by atoms with van der Waals surface area (Å²) in [6, 6.07) is 6.04. The van der Waals surface area contributed by atoms with E-state index in [4.69, 9.17) is 0 Å². The van der Waals surface area contributed by atoms with E-state index in [-0.39, 0.29) is 11.4 Å². The minimum Gasteiger partial charge on any atom is -0.306 e. The minimum absolute atomic E-state index is 0.175. The van der Waals surface area contributed by atoms with Gasteiger partial charge in [-0.15, -0.1) is 11.3 Å². The number of hydrogen-bond acceptors (Lipinski definition) is 3. The highest BCUT2D eigenvalue weighted by molar-refractivity contribution is 7.18. The highest BCUT2D eigenvalue weighted by atomic mass is 32.1. The second kappa shape index (κ2) is 4.28. The zero-order valence-corrected chi connectivity index (χ0v) is 11.3. The molecule has 0 radical (unpaired) electrons. The largest absolute Gasteiger partial charge is 0.306 e. The molecule has 19 heavy (non-hydrogen) atoms. The molecule has 2 heterocycles. The summed E-state index contributed by atoms with van der Waals surface area (Å²) in [5.74, 6) is 0.0528. The van der Waals surface area contributed by atoms with Gasteiger partial charge in [0.15, 0.2) is 0 Å². The molecule has 3 aromatic rings. The van der Waals surface area contributed by atoms with Gasteiger partial charge in [0, 0.05) is 10.4 Å². The van der Waals surface area contributed by atoms with Gasteiger partial charge in [0.2, 0.25) is 0 Å². The van der Waals surface area contributed by atoms with Gasteiger partial charge in [-0.05, 0) is 31.5 Å². The van der Waals surface area contributed by atoms with Crippen LogP contribution in [0.3, 0.4) is 0 Å². The molecular weight excluding hydrogens is 263 g/mol. The van der Waals surface area contributed by atoms with E-state index in [1.807, 2.05) is 13.8 Å². The fourth-order valence-electron chi connectivity index (χ4n) is 2.03. The van der Waals surface area contributed by atoms with Crippen molar-refractivity contribution in [1.82, 2.24) is 9.97 Å². The first-order valence-electron chi connectivity index (χ1n) is 5.82. The Hall–Kier alpha value is -2.01. The molecule has 0 spiro atoms. The predicted octanol–water partition coefficient (Wildman–Crippen LogP) is 3.41. The van der Waals surface area contributed by atoms with Crippen LogP contribution in [0.1, 0.15) is 10.4 Å². The van der Waals surface area contributed by atoms with Crippen LogP contribution in [0.15, 0.2) is 29.1 Å². The molecule has 0 amide bonds. The molecule has 0 aliphatic carbocycles. The van der Waals surface area contributed by atoms with Crippen LogP contribution in [0.5, 0.6) is 0 Å². The van der Waals surface area contributed by atoms with Crippen molar-refractivity contribution in [3.63, 3.8) is 0 Å². The summed E-state index contributed by atoms with van der Waals surface area (Å²) in [4.78, 5) is 21.0. The molecule has 3 nitrogen and oxygen atoms in total. The van der Waals surface area contributed by atoms with Crippen LogP contribution in [-0.2, 0) is 0 Å². The third-order valence-corrected chi connectivity index (χ3v) is 4.24. The van der Waals surface area contributed by atoms with Crippen LogP contribution in [0, 0.1) is 19.7 Å². The van der Waals surface area contributed by atoms with Crippen molar-refractivity contribution in [2.45, 2.75) is 13.8 Å². The van der Waals surface area contributed by atoms with E-state index in [9.17, 15) is 9.18 Å². The number of rotatable bonds is 1. The summed E-state index contributed by atoms with van der Waals surface area (Å²) in [6.45, 7) is 3.87. The molecule has 0 unspecified atom stereocenters. The van der Waals surface area contributed by atoms with Gasteiger partial charge >= 0.3 is 0 Å². The van der Waals surface area contributed by atoms with E-state index < -0.39 is 0 Å². The van der Waals surface area contributed by atoms with Crippen LogP contribution in [-0.4, -0.2) is 9.97 Å². The smallest absolute Gasteiger partial charge is 0.260 e. The molecule has 0 atom stereocenters. The monoisotopic (exact) mass is 274 g/mol. The molecule has 2 aromatic heterocycles. The Morgan fingerprint density at radius 3 is 2.84 bits per heavy atom. The van der Waals surface area contributed by atoms with Crippen LogP contribution in [0.2, 0.25) is 0 Å². The van der Waals surface area contributed by atoms with Crippen molar-refractivity contribution in [3.8, 4) is 11.4 Å². The quantitative estimate of drug-likeness (QED) is 0.739. The first-order valence-corrected chi connectivity index (χ1v) is 6.64. The maximum Gasteiger partial charge on any atom is 0.260 e. The number of nitrogens with one attached hydrogen (secondary N) is 1. The van der Waals surface area contributed by atoms with E-state index in [0.717, 1.165) is 10.4 Å². The number of aryl methyl sites for hydroxylation is 2. The lowest BCUT2D eigenvalue weighted by Crippen LogP contribution is -2.09. The molecule has 0 fully saturated rings. The first-order chi connectivity index (χ1) is 9.06. The van der Waals surface area contributed by atoms with Gasteiger partial charge < -0.3 is 4.98 Å². The highest BCUT2D eigenvalue weighted by Crippen LogP contribution is 2.27. The maximum atomic E-state index is 13.2.